The van der Waals surface area contributed by atoms with Crippen LogP contribution in [-0.2, 0) is 6.54 Å². The molecule has 0 aliphatic carbocycles. The van der Waals surface area contributed by atoms with E-state index in [1.54, 1.807) is 47.6 Å². The van der Waals surface area contributed by atoms with Gasteiger partial charge >= 0.3 is 0 Å². The molecule has 10 nitrogen and oxygen atoms in total. The number of nitrogens with two attached hydrogens (primary N) is 1. The number of ether oxygens (including phenoxy) is 1. The summed E-state index contributed by atoms with van der Waals surface area (Å²) in [5.41, 5.74) is 7.29. The summed E-state index contributed by atoms with van der Waals surface area (Å²) in [6.45, 7) is 4.42. The second-order valence-electron chi connectivity index (χ2n) is 7.14. The van der Waals surface area contributed by atoms with Crippen molar-refractivity contribution in [2.45, 2.75) is 26.4 Å². The van der Waals surface area contributed by atoms with Gasteiger partial charge in [0, 0.05) is 30.0 Å². The van der Waals surface area contributed by atoms with Crippen molar-refractivity contribution < 1.29 is 9.53 Å². The van der Waals surface area contributed by atoms with Crippen LogP contribution in [0.3, 0.4) is 0 Å². The van der Waals surface area contributed by atoms with Gasteiger partial charge in [0.2, 0.25) is 5.88 Å². The number of amides is 1. The number of hydrogen-bond acceptors (Lipinski definition) is 9. The molecule has 4 aromatic heterocycles. The summed E-state index contributed by atoms with van der Waals surface area (Å²) in [5, 5.41) is 8.96. The van der Waals surface area contributed by atoms with Crippen LogP contribution in [0, 0.1) is 0 Å². The van der Waals surface area contributed by atoms with E-state index < -0.39 is 6.04 Å². The largest absolute Gasteiger partial charge is 0.477 e. The van der Waals surface area contributed by atoms with Crippen molar-refractivity contribution >= 4 is 38.7 Å². The molecule has 0 spiro atoms. The van der Waals surface area contributed by atoms with E-state index >= 15 is 0 Å². The van der Waals surface area contributed by atoms with Gasteiger partial charge in [-0.25, -0.2) is 19.9 Å². The molecule has 4 heterocycles. The zero-order chi connectivity index (χ0) is 23.4. The van der Waals surface area contributed by atoms with Gasteiger partial charge in [-0.3, -0.25) is 4.79 Å². The number of rotatable bonds is 7. The Hall–Kier alpha value is -3.73. The Kier molecular flexibility index (Phi) is 6.68. The smallest absolute Gasteiger partial charge is 0.256 e. The lowest BCUT2D eigenvalue weighted by atomic mass is 10.1. The van der Waals surface area contributed by atoms with E-state index in [4.69, 9.17) is 10.5 Å². The number of fused-ring (bicyclic) bond motifs is 1. The molecule has 4 rings (SSSR count). The molecular formula is C22H21BrN8O2. The molecule has 33 heavy (non-hydrogen) atoms. The van der Waals surface area contributed by atoms with Crippen LogP contribution in [0.15, 0.2) is 53.4 Å². The summed E-state index contributed by atoms with van der Waals surface area (Å²) in [5.74, 6) is 1.01. The predicted molar refractivity (Wildman–Crippen MR) is 125 cm³/mol. The first-order chi connectivity index (χ1) is 16.0. The van der Waals surface area contributed by atoms with Gasteiger partial charge in [0.1, 0.15) is 11.6 Å². The van der Waals surface area contributed by atoms with Crippen molar-refractivity contribution in [1.82, 2.24) is 35.0 Å². The first kappa shape index (κ1) is 22.5. The standard InChI is InChI=1S/C22H21BrN8O2/c1-3-33-18-6-5-16(29-30-18)12-31(13(2)20-25-7-4-8-26-20)22(32)15-9-14-10-17(23)19(24)28-21(14)27-11-15/h4-11,13H,3,12H2,1-2H3,(H2,24,27,28)/t13-/m1/s1. The maximum absolute atomic E-state index is 13.6. The fourth-order valence-electron chi connectivity index (χ4n) is 3.22. The Morgan fingerprint density at radius 1 is 1.18 bits per heavy atom. The number of hydrogen-bond donors (Lipinski definition) is 1. The van der Waals surface area contributed by atoms with Gasteiger partial charge in [-0.15, -0.1) is 5.10 Å². The molecule has 0 saturated carbocycles. The molecule has 1 amide bonds. The maximum atomic E-state index is 13.6. The van der Waals surface area contributed by atoms with Gasteiger partial charge in [-0.2, -0.15) is 5.10 Å². The number of nitrogen functional groups attached to an aromatic ring is 1. The fraction of sp³-hybridized carbons (Fsp3) is 0.227. The lowest BCUT2D eigenvalue weighted by Crippen LogP contribution is -2.34. The first-order valence-corrected chi connectivity index (χ1v) is 11.0. The number of aromatic nitrogens is 6. The number of pyridine rings is 2. The normalized spacial score (nSPS) is 11.8. The van der Waals surface area contributed by atoms with Crippen LogP contribution in [0.4, 0.5) is 5.82 Å². The summed E-state index contributed by atoms with van der Waals surface area (Å²) in [6.07, 6.45) is 4.77. The number of carbonyl (C=O) groups excluding carboxylic acids is 1. The molecule has 4 aromatic rings. The van der Waals surface area contributed by atoms with Gasteiger partial charge < -0.3 is 15.4 Å². The van der Waals surface area contributed by atoms with Crippen LogP contribution < -0.4 is 10.5 Å². The molecule has 0 aromatic carbocycles. The topological polar surface area (TPSA) is 133 Å². The third-order valence-corrected chi connectivity index (χ3v) is 5.54. The Labute approximate surface area is 198 Å². The van der Waals surface area contributed by atoms with Crippen LogP contribution >= 0.6 is 15.9 Å². The van der Waals surface area contributed by atoms with E-state index in [0.717, 1.165) is 0 Å². The molecule has 168 valence electrons. The van der Waals surface area contributed by atoms with Crippen molar-refractivity contribution in [3.05, 3.63) is 70.5 Å². The first-order valence-electron chi connectivity index (χ1n) is 10.2. The molecule has 2 N–H and O–H groups in total. The molecule has 0 aliphatic heterocycles. The molecular weight excluding hydrogens is 488 g/mol. The lowest BCUT2D eigenvalue weighted by Gasteiger charge is -2.28. The average molecular weight is 509 g/mol. The van der Waals surface area contributed by atoms with Crippen LogP contribution in [0.5, 0.6) is 5.88 Å². The van der Waals surface area contributed by atoms with Crippen LogP contribution in [0.25, 0.3) is 11.0 Å². The second-order valence-corrected chi connectivity index (χ2v) is 7.99. The summed E-state index contributed by atoms with van der Waals surface area (Å²) in [4.78, 5) is 32.5. The summed E-state index contributed by atoms with van der Waals surface area (Å²) in [6, 6.07) is 8.32. The van der Waals surface area contributed by atoms with E-state index in [9.17, 15) is 4.79 Å². The Morgan fingerprint density at radius 3 is 2.67 bits per heavy atom. The number of carbonyl (C=O) groups is 1. The third kappa shape index (κ3) is 5.03. The molecule has 0 fully saturated rings. The highest BCUT2D eigenvalue weighted by atomic mass is 79.9. The molecule has 0 radical (unpaired) electrons. The molecule has 0 bridgehead atoms. The van der Waals surface area contributed by atoms with Crippen molar-refractivity contribution in [3.63, 3.8) is 0 Å². The average Bonchev–Trinajstić information content (AvgIpc) is 2.84. The molecule has 0 unspecified atom stereocenters. The maximum Gasteiger partial charge on any atom is 0.256 e. The number of nitrogens with zero attached hydrogens (tertiary/aromatic N) is 7. The van der Waals surface area contributed by atoms with Gasteiger partial charge in [0.15, 0.2) is 5.65 Å². The van der Waals surface area contributed by atoms with Crippen LogP contribution in [0.1, 0.15) is 41.8 Å². The number of halogens is 1. The highest BCUT2D eigenvalue weighted by molar-refractivity contribution is 9.10. The highest BCUT2D eigenvalue weighted by Gasteiger charge is 2.26. The molecule has 0 saturated heterocycles. The SMILES string of the molecule is CCOc1ccc(CN(C(=O)c2cnc3nc(N)c(Br)cc3c2)[C@H](C)c2ncccn2)nn1. The minimum atomic E-state index is -0.431. The summed E-state index contributed by atoms with van der Waals surface area (Å²) in [7, 11) is 0. The minimum absolute atomic E-state index is 0.194. The Bertz CT molecular complexity index is 1270. The van der Waals surface area contributed by atoms with Gasteiger partial charge in [-0.05, 0) is 54.0 Å². The van der Waals surface area contributed by atoms with E-state index in [0.29, 0.717) is 50.9 Å². The van der Waals surface area contributed by atoms with E-state index in [2.05, 4.69) is 46.1 Å². The van der Waals surface area contributed by atoms with Crippen LogP contribution in [-0.4, -0.2) is 47.5 Å². The quantitative estimate of drug-likeness (QED) is 0.398. The fourth-order valence-corrected chi connectivity index (χ4v) is 3.55. The zero-order valence-corrected chi connectivity index (χ0v) is 19.6. The van der Waals surface area contributed by atoms with E-state index in [-0.39, 0.29) is 12.5 Å². The Balaban J connectivity index is 1.69. The van der Waals surface area contributed by atoms with Crippen molar-refractivity contribution in [1.29, 1.82) is 0 Å². The summed E-state index contributed by atoms with van der Waals surface area (Å²) < 4.78 is 5.99. The summed E-state index contributed by atoms with van der Waals surface area (Å²) >= 11 is 3.37. The second kappa shape index (κ2) is 9.82. The molecule has 1 atom stereocenters. The predicted octanol–water partition coefficient (Wildman–Crippen LogP) is 3.36. The van der Waals surface area contributed by atoms with Gasteiger partial charge in [-0.1, -0.05) is 0 Å². The third-order valence-electron chi connectivity index (χ3n) is 4.90. The number of anilines is 1. The van der Waals surface area contributed by atoms with Gasteiger partial charge in [0.05, 0.1) is 34.9 Å². The monoisotopic (exact) mass is 508 g/mol. The molecule has 11 heteroatoms. The van der Waals surface area contributed by atoms with Crippen LogP contribution in [0.2, 0.25) is 0 Å². The van der Waals surface area contributed by atoms with Crippen molar-refractivity contribution in [3.8, 4) is 5.88 Å². The molecule has 0 aliphatic rings. The van der Waals surface area contributed by atoms with Crippen molar-refractivity contribution in [2.75, 3.05) is 12.3 Å². The van der Waals surface area contributed by atoms with E-state index in [1.165, 1.54) is 6.20 Å². The zero-order valence-electron chi connectivity index (χ0n) is 18.0. The highest BCUT2D eigenvalue weighted by Crippen LogP contribution is 2.25. The lowest BCUT2D eigenvalue weighted by molar-refractivity contribution is 0.0662. The Morgan fingerprint density at radius 2 is 1.97 bits per heavy atom. The van der Waals surface area contributed by atoms with E-state index in [1.807, 2.05) is 13.8 Å². The minimum Gasteiger partial charge on any atom is -0.477 e. The van der Waals surface area contributed by atoms with Crippen molar-refractivity contribution in [2.24, 2.45) is 0 Å². The van der Waals surface area contributed by atoms with Gasteiger partial charge in [0.25, 0.3) is 5.91 Å².